The number of carbonyl (C=O) groups excluding carboxylic acids is 1. The maximum absolute atomic E-state index is 13.8. The maximum Gasteiger partial charge on any atom is 0.317 e. The van der Waals surface area contributed by atoms with Crippen LogP contribution in [0.3, 0.4) is 0 Å². The quantitative estimate of drug-likeness (QED) is 0.898. The Bertz CT molecular complexity index is 593. The highest BCUT2D eigenvalue weighted by atomic mass is 35.5. The van der Waals surface area contributed by atoms with Gasteiger partial charge in [-0.05, 0) is 19.1 Å². The van der Waals surface area contributed by atoms with Crippen LogP contribution in [0.15, 0.2) is 18.2 Å². The van der Waals surface area contributed by atoms with Gasteiger partial charge in [0, 0.05) is 36.7 Å². The second kappa shape index (κ2) is 6.63. The molecule has 2 unspecified atom stereocenters. The molecule has 0 aromatic heterocycles. The number of carbonyl (C=O) groups is 1. The SMILES string of the molecule is CC1CN(C(=O)NCc2ccc(Cl)cc2F)CC2(CCOC2)O1. The summed E-state index contributed by atoms with van der Waals surface area (Å²) in [5.41, 5.74) is 0.00328. The van der Waals surface area contributed by atoms with Crippen molar-refractivity contribution in [2.75, 3.05) is 26.3 Å². The highest BCUT2D eigenvalue weighted by Gasteiger charge is 2.44. The first kappa shape index (κ1) is 16.5. The number of halogens is 2. The Morgan fingerprint density at radius 3 is 3.09 bits per heavy atom. The van der Waals surface area contributed by atoms with Gasteiger partial charge in [-0.2, -0.15) is 0 Å². The largest absolute Gasteiger partial charge is 0.378 e. The fourth-order valence-electron chi connectivity index (χ4n) is 3.13. The van der Waals surface area contributed by atoms with E-state index in [1.165, 1.54) is 6.07 Å². The second-order valence-corrected chi connectivity index (χ2v) is 6.63. The van der Waals surface area contributed by atoms with Gasteiger partial charge in [0.25, 0.3) is 0 Å². The Hall–Kier alpha value is -1.37. The third-order valence-electron chi connectivity index (χ3n) is 4.21. The molecule has 1 aromatic carbocycles. The van der Waals surface area contributed by atoms with Gasteiger partial charge in [0.1, 0.15) is 11.4 Å². The molecular formula is C16H20ClFN2O3. The lowest BCUT2D eigenvalue weighted by Gasteiger charge is -2.42. The summed E-state index contributed by atoms with van der Waals surface area (Å²) in [4.78, 5) is 14.1. The summed E-state index contributed by atoms with van der Waals surface area (Å²) in [7, 11) is 0. The predicted octanol–water partition coefficient (Wildman–Crippen LogP) is 2.57. The average molecular weight is 343 g/mol. The van der Waals surface area contributed by atoms with E-state index in [0.29, 0.717) is 36.9 Å². The van der Waals surface area contributed by atoms with Crippen LogP contribution in [0.2, 0.25) is 5.02 Å². The van der Waals surface area contributed by atoms with Crippen molar-refractivity contribution in [2.45, 2.75) is 31.6 Å². The van der Waals surface area contributed by atoms with Crippen LogP contribution in [0, 0.1) is 5.82 Å². The molecule has 2 saturated heterocycles. The average Bonchev–Trinajstić information content (AvgIpc) is 2.92. The number of nitrogens with one attached hydrogen (secondary N) is 1. The van der Waals surface area contributed by atoms with E-state index in [9.17, 15) is 9.18 Å². The summed E-state index contributed by atoms with van der Waals surface area (Å²) in [6.07, 6.45) is 0.732. The van der Waals surface area contributed by atoms with E-state index in [4.69, 9.17) is 21.1 Å². The number of nitrogens with zero attached hydrogens (tertiary/aromatic N) is 1. The molecule has 0 aliphatic carbocycles. The van der Waals surface area contributed by atoms with Crippen molar-refractivity contribution >= 4 is 17.6 Å². The Balaban J connectivity index is 1.61. The zero-order valence-electron chi connectivity index (χ0n) is 13.0. The zero-order valence-corrected chi connectivity index (χ0v) is 13.7. The lowest BCUT2D eigenvalue weighted by Crippen LogP contribution is -2.58. The zero-order chi connectivity index (χ0) is 16.4. The molecule has 5 nitrogen and oxygen atoms in total. The van der Waals surface area contributed by atoms with E-state index in [2.05, 4.69) is 5.32 Å². The van der Waals surface area contributed by atoms with Gasteiger partial charge in [-0.3, -0.25) is 0 Å². The van der Waals surface area contributed by atoms with Gasteiger partial charge in [0.05, 0.1) is 19.3 Å². The van der Waals surface area contributed by atoms with Crippen molar-refractivity contribution in [3.05, 3.63) is 34.6 Å². The molecule has 2 amide bonds. The highest BCUT2D eigenvalue weighted by molar-refractivity contribution is 6.30. The van der Waals surface area contributed by atoms with Gasteiger partial charge in [-0.15, -0.1) is 0 Å². The second-order valence-electron chi connectivity index (χ2n) is 6.19. The van der Waals surface area contributed by atoms with Crippen LogP contribution in [0.1, 0.15) is 18.9 Å². The molecule has 0 radical (unpaired) electrons. The van der Waals surface area contributed by atoms with Gasteiger partial charge in [-0.25, -0.2) is 9.18 Å². The van der Waals surface area contributed by atoms with E-state index < -0.39 is 11.4 Å². The van der Waals surface area contributed by atoms with Crippen LogP contribution in [-0.4, -0.2) is 48.9 Å². The van der Waals surface area contributed by atoms with Gasteiger partial charge < -0.3 is 19.7 Å². The monoisotopic (exact) mass is 342 g/mol. The van der Waals surface area contributed by atoms with E-state index in [0.717, 1.165) is 6.42 Å². The highest BCUT2D eigenvalue weighted by Crippen LogP contribution is 2.30. The summed E-state index contributed by atoms with van der Waals surface area (Å²) in [6, 6.07) is 4.20. The molecule has 0 bridgehead atoms. The number of amides is 2. The Kier molecular flexibility index (Phi) is 4.75. The molecule has 1 aromatic rings. The van der Waals surface area contributed by atoms with Crippen molar-refractivity contribution in [3.8, 4) is 0 Å². The molecule has 2 fully saturated rings. The van der Waals surface area contributed by atoms with Crippen LogP contribution >= 0.6 is 11.6 Å². The number of benzene rings is 1. The molecule has 1 N–H and O–H groups in total. The number of morpholine rings is 1. The van der Waals surface area contributed by atoms with Crippen LogP contribution < -0.4 is 5.32 Å². The minimum atomic E-state index is -0.422. The van der Waals surface area contributed by atoms with Gasteiger partial charge in [0.15, 0.2) is 0 Å². The van der Waals surface area contributed by atoms with Crippen molar-refractivity contribution in [1.82, 2.24) is 10.2 Å². The molecule has 0 saturated carbocycles. The van der Waals surface area contributed by atoms with Crippen molar-refractivity contribution in [2.24, 2.45) is 0 Å². The molecular weight excluding hydrogens is 323 g/mol. The number of rotatable bonds is 2. The lowest BCUT2D eigenvalue weighted by molar-refractivity contribution is -0.137. The Morgan fingerprint density at radius 1 is 1.57 bits per heavy atom. The van der Waals surface area contributed by atoms with Crippen LogP contribution in [0.25, 0.3) is 0 Å². The molecule has 3 rings (SSSR count). The number of hydrogen-bond donors (Lipinski definition) is 1. The van der Waals surface area contributed by atoms with E-state index in [-0.39, 0.29) is 18.7 Å². The predicted molar refractivity (Wildman–Crippen MR) is 83.9 cm³/mol. The molecule has 2 aliphatic rings. The lowest BCUT2D eigenvalue weighted by atomic mass is 9.99. The fourth-order valence-corrected chi connectivity index (χ4v) is 3.29. The molecule has 23 heavy (non-hydrogen) atoms. The van der Waals surface area contributed by atoms with Crippen LogP contribution in [0.5, 0.6) is 0 Å². The number of urea groups is 1. The summed E-state index contributed by atoms with van der Waals surface area (Å²) in [5, 5.41) is 3.10. The molecule has 2 aliphatic heterocycles. The normalized spacial score (nSPS) is 27.4. The first-order chi connectivity index (χ1) is 11.0. The summed E-state index contributed by atoms with van der Waals surface area (Å²) >= 11 is 5.73. The minimum Gasteiger partial charge on any atom is -0.378 e. The van der Waals surface area contributed by atoms with E-state index >= 15 is 0 Å². The molecule has 7 heteroatoms. The molecule has 2 atom stereocenters. The smallest absolute Gasteiger partial charge is 0.317 e. The van der Waals surface area contributed by atoms with Gasteiger partial charge in [-0.1, -0.05) is 17.7 Å². The van der Waals surface area contributed by atoms with Crippen LogP contribution in [-0.2, 0) is 16.0 Å². The minimum absolute atomic E-state index is 0.0523. The molecule has 126 valence electrons. The summed E-state index contributed by atoms with van der Waals surface area (Å²) < 4.78 is 25.2. The Morgan fingerprint density at radius 2 is 2.39 bits per heavy atom. The van der Waals surface area contributed by atoms with E-state index in [1.807, 2.05) is 6.92 Å². The van der Waals surface area contributed by atoms with Crippen molar-refractivity contribution in [1.29, 1.82) is 0 Å². The first-order valence-electron chi connectivity index (χ1n) is 7.70. The van der Waals surface area contributed by atoms with Crippen molar-refractivity contribution < 1.29 is 18.7 Å². The third-order valence-corrected chi connectivity index (χ3v) is 4.44. The van der Waals surface area contributed by atoms with Crippen molar-refractivity contribution in [3.63, 3.8) is 0 Å². The number of hydrogen-bond acceptors (Lipinski definition) is 3. The fraction of sp³-hybridized carbons (Fsp3) is 0.562. The topological polar surface area (TPSA) is 50.8 Å². The summed E-state index contributed by atoms with van der Waals surface area (Å²) in [5.74, 6) is -0.422. The first-order valence-corrected chi connectivity index (χ1v) is 8.07. The number of ether oxygens (including phenoxy) is 2. The van der Waals surface area contributed by atoms with Crippen LogP contribution in [0.4, 0.5) is 9.18 Å². The third kappa shape index (κ3) is 3.76. The van der Waals surface area contributed by atoms with Gasteiger partial charge in [0.2, 0.25) is 0 Å². The van der Waals surface area contributed by atoms with E-state index in [1.54, 1.807) is 17.0 Å². The maximum atomic E-state index is 13.8. The summed E-state index contributed by atoms with van der Waals surface area (Å²) in [6.45, 7) is 4.23. The molecule has 2 heterocycles. The Labute approximate surface area is 139 Å². The molecule has 1 spiro atoms. The van der Waals surface area contributed by atoms with Gasteiger partial charge >= 0.3 is 6.03 Å². The standard InChI is InChI=1S/C16H20ClFN2O3/c1-11-8-20(9-16(23-11)4-5-22-10-16)15(21)19-7-12-2-3-13(17)6-14(12)18/h2-3,6,11H,4-5,7-10H2,1H3,(H,19,21).